The smallest absolute Gasteiger partial charge is 0.0926 e. The zero-order chi connectivity index (χ0) is 14.7. The standard InChI is InChI=1S/C20H32O/c1-10-6-12-9-20(5)18(21-20)16-15(13(12)7-10)11(2)8-14-17(16)19(14,3)4/h10-18H,6-9H2,1-5H3/t10-,11-,12+,13-,14-,15-,16-,17-,18?,20+/m1/s1. The molecule has 1 heteroatoms. The van der Waals surface area contributed by atoms with E-state index < -0.39 is 0 Å². The van der Waals surface area contributed by atoms with Gasteiger partial charge < -0.3 is 4.74 Å². The van der Waals surface area contributed by atoms with Crippen molar-refractivity contribution in [2.75, 3.05) is 0 Å². The van der Waals surface area contributed by atoms with E-state index in [1.54, 1.807) is 0 Å². The fraction of sp³-hybridized carbons (Fsp3) is 1.00. The zero-order valence-corrected chi connectivity index (χ0v) is 14.4. The predicted octanol–water partition coefficient (Wildman–Crippen LogP) is 4.75. The summed E-state index contributed by atoms with van der Waals surface area (Å²) in [5, 5.41) is 0. The van der Waals surface area contributed by atoms with Gasteiger partial charge in [-0.15, -0.1) is 0 Å². The molecule has 1 aliphatic heterocycles. The summed E-state index contributed by atoms with van der Waals surface area (Å²) in [6.07, 6.45) is 6.46. The minimum absolute atomic E-state index is 0.257. The molecule has 0 spiro atoms. The van der Waals surface area contributed by atoms with Gasteiger partial charge in [0.25, 0.3) is 0 Å². The normalized spacial score (nSPS) is 66.4. The third kappa shape index (κ3) is 1.57. The molecule has 0 bridgehead atoms. The molecule has 118 valence electrons. The lowest BCUT2D eigenvalue weighted by Crippen LogP contribution is -2.38. The molecule has 10 atom stereocenters. The van der Waals surface area contributed by atoms with Gasteiger partial charge in [0, 0.05) is 0 Å². The average Bonchev–Trinajstić information content (AvgIpc) is 3.13. The molecule has 1 nitrogen and oxygen atoms in total. The van der Waals surface area contributed by atoms with Crippen molar-refractivity contribution in [2.45, 2.75) is 72.0 Å². The van der Waals surface area contributed by atoms with Crippen LogP contribution in [-0.4, -0.2) is 11.7 Å². The number of hydrogen-bond donors (Lipinski definition) is 0. The summed E-state index contributed by atoms with van der Waals surface area (Å²) in [5.41, 5.74) is 0.858. The van der Waals surface area contributed by atoms with E-state index in [1.165, 1.54) is 25.7 Å². The summed E-state index contributed by atoms with van der Waals surface area (Å²) in [4.78, 5) is 0. The lowest BCUT2D eigenvalue weighted by molar-refractivity contribution is 0.0449. The van der Waals surface area contributed by atoms with Gasteiger partial charge in [-0.25, -0.2) is 0 Å². The van der Waals surface area contributed by atoms with Crippen molar-refractivity contribution >= 4 is 0 Å². The second-order valence-electron chi connectivity index (χ2n) is 10.4. The van der Waals surface area contributed by atoms with Crippen molar-refractivity contribution < 1.29 is 4.74 Å². The van der Waals surface area contributed by atoms with Gasteiger partial charge in [0.15, 0.2) is 0 Å². The first kappa shape index (κ1) is 13.4. The number of hydrogen-bond acceptors (Lipinski definition) is 1. The van der Waals surface area contributed by atoms with E-state index >= 15 is 0 Å². The molecule has 4 saturated carbocycles. The third-order valence-electron chi connectivity index (χ3n) is 8.72. The van der Waals surface area contributed by atoms with Gasteiger partial charge in [0.05, 0.1) is 11.7 Å². The molecule has 1 unspecified atom stereocenters. The first-order chi connectivity index (χ1) is 9.83. The van der Waals surface area contributed by atoms with Crippen molar-refractivity contribution in [3.05, 3.63) is 0 Å². The van der Waals surface area contributed by atoms with Crippen molar-refractivity contribution in [1.29, 1.82) is 0 Å². The molecule has 0 aromatic carbocycles. The van der Waals surface area contributed by atoms with Gasteiger partial charge in [-0.3, -0.25) is 0 Å². The van der Waals surface area contributed by atoms with Crippen LogP contribution < -0.4 is 0 Å². The Labute approximate surface area is 130 Å². The Bertz CT molecular complexity index is 482. The van der Waals surface area contributed by atoms with E-state index in [9.17, 15) is 0 Å². The highest BCUT2D eigenvalue weighted by atomic mass is 16.6. The van der Waals surface area contributed by atoms with Crippen molar-refractivity contribution in [3.63, 3.8) is 0 Å². The molecule has 0 radical (unpaired) electrons. The molecule has 0 amide bonds. The minimum atomic E-state index is 0.257. The fourth-order valence-corrected chi connectivity index (χ4v) is 7.85. The molecule has 1 heterocycles. The first-order valence-corrected chi connectivity index (χ1v) is 9.51. The molecule has 5 aliphatic rings. The number of epoxide rings is 1. The lowest BCUT2D eigenvalue weighted by Gasteiger charge is -2.40. The number of ether oxygens (including phenoxy) is 1. The summed E-state index contributed by atoms with van der Waals surface area (Å²) in [6.45, 7) is 12.6. The fourth-order valence-electron chi connectivity index (χ4n) is 7.85. The van der Waals surface area contributed by atoms with E-state index in [4.69, 9.17) is 4.74 Å². The lowest BCUT2D eigenvalue weighted by atomic mass is 9.64. The Morgan fingerprint density at radius 2 is 1.71 bits per heavy atom. The number of rotatable bonds is 0. The van der Waals surface area contributed by atoms with Crippen LogP contribution in [0.2, 0.25) is 0 Å². The van der Waals surface area contributed by atoms with Crippen LogP contribution in [0.4, 0.5) is 0 Å². The molecule has 4 aliphatic carbocycles. The maximum absolute atomic E-state index is 6.40. The van der Waals surface area contributed by atoms with Crippen LogP contribution >= 0.6 is 0 Å². The van der Waals surface area contributed by atoms with Gasteiger partial charge in [0.2, 0.25) is 0 Å². The quantitative estimate of drug-likeness (QED) is 0.586. The van der Waals surface area contributed by atoms with Crippen LogP contribution in [0.3, 0.4) is 0 Å². The number of fused-ring (bicyclic) bond motifs is 7. The van der Waals surface area contributed by atoms with E-state index in [-0.39, 0.29) is 5.60 Å². The molecule has 0 aromatic heterocycles. The Kier molecular flexibility index (Phi) is 2.37. The Balaban J connectivity index is 1.57. The SMILES string of the molecule is C[C@@H]1C[C@H]2C[C@]3(C)OC3[C@@H]3[C@@H]([C@@H]2C1)[C@H](C)C[C@@H]1[C@H]3C1(C)C. The molecule has 21 heavy (non-hydrogen) atoms. The Morgan fingerprint density at radius 1 is 0.952 bits per heavy atom. The van der Waals surface area contributed by atoms with E-state index in [0.29, 0.717) is 11.5 Å². The predicted molar refractivity (Wildman–Crippen MR) is 84.8 cm³/mol. The Morgan fingerprint density at radius 3 is 2.48 bits per heavy atom. The highest BCUT2D eigenvalue weighted by Gasteiger charge is 2.74. The highest BCUT2D eigenvalue weighted by molar-refractivity contribution is 5.22. The zero-order valence-electron chi connectivity index (χ0n) is 14.4. The van der Waals surface area contributed by atoms with Crippen LogP contribution in [0.1, 0.15) is 60.3 Å². The summed E-state index contributed by atoms with van der Waals surface area (Å²) < 4.78 is 6.40. The first-order valence-electron chi connectivity index (χ1n) is 9.51. The van der Waals surface area contributed by atoms with Gasteiger partial charge in [-0.05, 0) is 85.4 Å². The molecular formula is C20H32O. The van der Waals surface area contributed by atoms with Gasteiger partial charge in [-0.1, -0.05) is 27.7 Å². The largest absolute Gasteiger partial charge is 0.366 e. The van der Waals surface area contributed by atoms with E-state index in [1.807, 2.05) is 0 Å². The van der Waals surface area contributed by atoms with Crippen LogP contribution in [0.15, 0.2) is 0 Å². The molecule has 5 rings (SSSR count). The van der Waals surface area contributed by atoms with Crippen LogP contribution in [0.5, 0.6) is 0 Å². The van der Waals surface area contributed by atoms with Crippen LogP contribution in [0, 0.1) is 52.8 Å². The molecule has 0 aromatic rings. The summed E-state index contributed by atoms with van der Waals surface area (Å²) in [7, 11) is 0. The van der Waals surface area contributed by atoms with Gasteiger partial charge >= 0.3 is 0 Å². The molecule has 5 fully saturated rings. The maximum atomic E-state index is 6.40. The van der Waals surface area contributed by atoms with Gasteiger partial charge in [-0.2, -0.15) is 0 Å². The van der Waals surface area contributed by atoms with E-state index in [0.717, 1.165) is 47.3 Å². The van der Waals surface area contributed by atoms with Gasteiger partial charge in [0.1, 0.15) is 0 Å². The van der Waals surface area contributed by atoms with Crippen LogP contribution in [-0.2, 0) is 4.74 Å². The summed E-state index contributed by atoms with van der Waals surface area (Å²) >= 11 is 0. The van der Waals surface area contributed by atoms with Crippen LogP contribution in [0.25, 0.3) is 0 Å². The van der Waals surface area contributed by atoms with Crippen molar-refractivity contribution in [1.82, 2.24) is 0 Å². The average molecular weight is 288 g/mol. The maximum Gasteiger partial charge on any atom is 0.0926 e. The molecule has 0 N–H and O–H groups in total. The monoisotopic (exact) mass is 288 g/mol. The topological polar surface area (TPSA) is 12.5 Å². The third-order valence-corrected chi connectivity index (χ3v) is 8.72. The second-order valence-corrected chi connectivity index (χ2v) is 10.4. The second kappa shape index (κ2) is 3.71. The highest BCUT2D eigenvalue weighted by Crippen LogP contribution is 2.75. The van der Waals surface area contributed by atoms with Crippen molar-refractivity contribution in [3.8, 4) is 0 Å². The minimum Gasteiger partial charge on any atom is -0.366 e. The van der Waals surface area contributed by atoms with E-state index in [2.05, 4.69) is 34.6 Å². The van der Waals surface area contributed by atoms with Crippen molar-refractivity contribution in [2.24, 2.45) is 52.8 Å². The Hall–Kier alpha value is -0.0400. The summed E-state index contributed by atoms with van der Waals surface area (Å²) in [6, 6.07) is 0. The summed E-state index contributed by atoms with van der Waals surface area (Å²) in [5.74, 6) is 7.70. The molecule has 1 saturated heterocycles. The molecular weight excluding hydrogens is 256 g/mol.